The smallest absolute Gasteiger partial charge is 0.257 e. The van der Waals surface area contributed by atoms with Crippen molar-refractivity contribution in [2.24, 2.45) is 0 Å². The van der Waals surface area contributed by atoms with Crippen LogP contribution < -0.4 is 15.4 Å². The van der Waals surface area contributed by atoms with Crippen molar-refractivity contribution in [3.8, 4) is 5.75 Å². The summed E-state index contributed by atoms with van der Waals surface area (Å²) in [6.45, 7) is 2.80. The molecule has 7 nitrogen and oxygen atoms in total. The summed E-state index contributed by atoms with van der Waals surface area (Å²) in [7, 11) is -1.91. The highest BCUT2D eigenvalue weighted by Crippen LogP contribution is 2.28. The van der Waals surface area contributed by atoms with Crippen LogP contribution in [0.5, 0.6) is 5.75 Å². The highest BCUT2D eigenvalue weighted by atomic mass is 79.9. The van der Waals surface area contributed by atoms with Crippen LogP contribution in [-0.2, 0) is 10.0 Å². The molecule has 0 atom stereocenters. The fourth-order valence-electron chi connectivity index (χ4n) is 4.33. The number of amides is 1. The zero-order chi connectivity index (χ0) is 26.8. The van der Waals surface area contributed by atoms with E-state index < -0.39 is 10.0 Å². The molecule has 0 bridgehead atoms. The molecule has 37 heavy (non-hydrogen) atoms. The molecule has 0 aromatic heterocycles. The van der Waals surface area contributed by atoms with Crippen LogP contribution in [0.25, 0.3) is 0 Å². The topological polar surface area (TPSA) is 87.7 Å². The van der Waals surface area contributed by atoms with E-state index in [-0.39, 0.29) is 22.0 Å². The van der Waals surface area contributed by atoms with Gasteiger partial charge in [0.2, 0.25) is 10.0 Å². The lowest BCUT2D eigenvalue weighted by molar-refractivity contribution is 0.0977. The van der Waals surface area contributed by atoms with Gasteiger partial charge in [-0.2, -0.15) is 4.31 Å². The Kier molecular flexibility index (Phi) is 11.4. The average Bonchev–Trinajstić information content (AvgIpc) is 2.89. The molecule has 0 spiro atoms. The van der Waals surface area contributed by atoms with Crippen molar-refractivity contribution in [1.29, 1.82) is 0 Å². The van der Waals surface area contributed by atoms with Crippen molar-refractivity contribution in [3.05, 3.63) is 52.5 Å². The normalized spacial score (nSPS) is 14.4. The van der Waals surface area contributed by atoms with Gasteiger partial charge in [0.25, 0.3) is 5.91 Å². The number of nitrogens with zero attached hydrogens (tertiary/aromatic N) is 1. The van der Waals surface area contributed by atoms with Gasteiger partial charge in [-0.3, -0.25) is 10.1 Å². The van der Waals surface area contributed by atoms with Crippen LogP contribution in [0.3, 0.4) is 0 Å². The molecule has 2 N–H and O–H groups in total. The number of halogens is 1. The molecule has 2 aromatic carbocycles. The first-order valence-corrected chi connectivity index (χ1v) is 15.5. The molecular weight excluding hydrogens is 574 g/mol. The summed E-state index contributed by atoms with van der Waals surface area (Å²) in [5, 5.41) is 5.71. The number of carbonyl (C=O) groups excluding carboxylic acids is 1. The molecule has 1 aliphatic rings. The molecule has 1 fully saturated rings. The second-order valence-electron chi connectivity index (χ2n) is 9.30. The highest BCUT2D eigenvalue weighted by molar-refractivity contribution is 9.10. The van der Waals surface area contributed by atoms with Crippen LogP contribution in [0, 0.1) is 0 Å². The van der Waals surface area contributed by atoms with Crippen LogP contribution in [0.1, 0.15) is 75.1 Å². The predicted molar refractivity (Wildman–Crippen MR) is 156 cm³/mol. The minimum atomic E-state index is -3.57. The molecule has 1 aliphatic carbocycles. The average molecular weight is 611 g/mol. The minimum Gasteiger partial charge on any atom is -0.492 e. The molecule has 1 saturated carbocycles. The third-order valence-corrected chi connectivity index (χ3v) is 9.30. The second-order valence-corrected chi connectivity index (χ2v) is 12.6. The molecule has 3 rings (SSSR count). The molecule has 0 aliphatic heterocycles. The van der Waals surface area contributed by atoms with E-state index in [9.17, 15) is 13.2 Å². The van der Waals surface area contributed by atoms with E-state index in [4.69, 9.17) is 17.0 Å². The molecule has 0 heterocycles. The first-order chi connectivity index (χ1) is 17.7. The summed E-state index contributed by atoms with van der Waals surface area (Å²) in [6, 6.07) is 11.6. The molecule has 0 radical (unpaired) electrons. The molecule has 10 heteroatoms. The zero-order valence-corrected chi connectivity index (χ0v) is 24.7. The van der Waals surface area contributed by atoms with Gasteiger partial charge in [-0.05, 0) is 89.9 Å². The number of unbranched alkanes of at least 4 members (excludes halogenated alkanes) is 3. The Hall–Kier alpha value is -2.01. The van der Waals surface area contributed by atoms with Crippen LogP contribution in [-0.4, -0.2) is 43.4 Å². The molecule has 2 aromatic rings. The third kappa shape index (κ3) is 8.49. The van der Waals surface area contributed by atoms with Gasteiger partial charge < -0.3 is 10.1 Å². The van der Waals surface area contributed by atoms with Crippen LogP contribution >= 0.6 is 28.1 Å². The maximum absolute atomic E-state index is 13.0. The molecule has 1 amide bonds. The van der Waals surface area contributed by atoms with Gasteiger partial charge in [-0.25, -0.2) is 8.42 Å². The van der Waals surface area contributed by atoms with E-state index in [1.807, 2.05) is 0 Å². The molecule has 202 valence electrons. The van der Waals surface area contributed by atoms with Gasteiger partial charge in [-0.1, -0.05) is 45.4 Å². The summed E-state index contributed by atoms with van der Waals surface area (Å²) >= 11 is 8.76. The van der Waals surface area contributed by atoms with E-state index in [1.165, 1.54) is 17.1 Å². The maximum Gasteiger partial charge on any atom is 0.257 e. The Morgan fingerprint density at radius 1 is 1.08 bits per heavy atom. The number of hydrogen-bond donors (Lipinski definition) is 2. The number of benzene rings is 2. The van der Waals surface area contributed by atoms with Crippen molar-refractivity contribution in [3.63, 3.8) is 0 Å². The third-order valence-electron chi connectivity index (χ3n) is 6.55. The predicted octanol–water partition coefficient (Wildman–Crippen LogP) is 6.49. The van der Waals surface area contributed by atoms with Crippen molar-refractivity contribution in [1.82, 2.24) is 9.62 Å². The Bertz CT molecular complexity index is 1170. The Morgan fingerprint density at radius 2 is 1.78 bits per heavy atom. The Balaban J connectivity index is 1.53. The van der Waals surface area contributed by atoms with E-state index >= 15 is 0 Å². The quantitative estimate of drug-likeness (QED) is 0.224. The number of carbonyl (C=O) groups is 1. The summed E-state index contributed by atoms with van der Waals surface area (Å²) < 4.78 is 34.1. The van der Waals surface area contributed by atoms with Gasteiger partial charge in [0, 0.05) is 24.3 Å². The minimum absolute atomic E-state index is 0.0470. The first kappa shape index (κ1) is 29.5. The fraction of sp³-hybridized carbons (Fsp3) is 0.481. The van der Waals surface area contributed by atoms with Crippen LogP contribution in [0.2, 0.25) is 0 Å². The Labute approximate surface area is 234 Å². The van der Waals surface area contributed by atoms with Crippen LogP contribution in [0.15, 0.2) is 51.8 Å². The van der Waals surface area contributed by atoms with E-state index in [0.29, 0.717) is 28.1 Å². The number of ether oxygens (including phenoxy) is 1. The summed E-state index contributed by atoms with van der Waals surface area (Å²) in [5.74, 6) is 0.332. The lowest BCUT2D eigenvalue weighted by Crippen LogP contribution is -2.38. The number of sulfonamides is 1. The molecular formula is C27H36BrN3O4S2. The highest BCUT2D eigenvalue weighted by Gasteiger charge is 2.29. The van der Waals surface area contributed by atoms with E-state index in [2.05, 4.69) is 33.5 Å². The van der Waals surface area contributed by atoms with Gasteiger partial charge >= 0.3 is 0 Å². The van der Waals surface area contributed by atoms with Crippen LogP contribution in [0.4, 0.5) is 5.69 Å². The van der Waals surface area contributed by atoms with Gasteiger partial charge in [0.05, 0.1) is 16.0 Å². The van der Waals surface area contributed by atoms with Crippen molar-refractivity contribution in [2.75, 3.05) is 19.0 Å². The summed E-state index contributed by atoms with van der Waals surface area (Å²) in [4.78, 5) is 12.9. The van der Waals surface area contributed by atoms with Gasteiger partial charge in [0.15, 0.2) is 5.11 Å². The SMILES string of the molecule is CCCCCCOc1ccc(C(=O)NC(=S)Nc2ccc(S(=O)(=O)N(C)C3CCCCC3)cc2)cc1Br. The lowest BCUT2D eigenvalue weighted by atomic mass is 9.96. The van der Waals surface area contributed by atoms with Crippen molar-refractivity contribution < 1.29 is 17.9 Å². The standard InChI is InChI=1S/C27H36BrN3O4S2/c1-3-4-5-9-18-35-25-17-12-20(19-24(25)28)26(32)30-27(36)29-21-13-15-23(16-14-21)37(33,34)31(2)22-10-7-6-8-11-22/h12-17,19,22H,3-11,18H2,1-2H3,(H2,29,30,32,36). The number of rotatable bonds is 11. The summed E-state index contributed by atoms with van der Waals surface area (Å²) in [6.07, 6.45) is 9.58. The monoisotopic (exact) mass is 609 g/mol. The van der Waals surface area contributed by atoms with Gasteiger partial charge in [0.1, 0.15) is 5.75 Å². The second kappa shape index (κ2) is 14.2. The molecule has 0 unspecified atom stereocenters. The number of hydrogen-bond acceptors (Lipinski definition) is 5. The Morgan fingerprint density at radius 3 is 2.43 bits per heavy atom. The zero-order valence-electron chi connectivity index (χ0n) is 21.5. The maximum atomic E-state index is 13.0. The lowest BCUT2D eigenvalue weighted by Gasteiger charge is -2.30. The fourth-order valence-corrected chi connectivity index (χ4v) is 6.44. The number of nitrogens with one attached hydrogen (secondary N) is 2. The van der Waals surface area contributed by atoms with E-state index in [0.717, 1.165) is 44.9 Å². The summed E-state index contributed by atoms with van der Waals surface area (Å²) in [5.41, 5.74) is 1.01. The first-order valence-electron chi connectivity index (χ1n) is 12.8. The van der Waals surface area contributed by atoms with Crippen molar-refractivity contribution >= 4 is 54.9 Å². The molecule has 0 saturated heterocycles. The van der Waals surface area contributed by atoms with Gasteiger partial charge in [-0.15, -0.1) is 0 Å². The number of thiocarbonyl (C=S) groups is 1. The number of anilines is 1. The van der Waals surface area contributed by atoms with E-state index in [1.54, 1.807) is 49.5 Å². The largest absolute Gasteiger partial charge is 0.492 e. The van der Waals surface area contributed by atoms with Crippen molar-refractivity contribution in [2.45, 2.75) is 75.6 Å².